The van der Waals surface area contributed by atoms with E-state index in [0.29, 0.717) is 12.8 Å². The summed E-state index contributed by atoms with van der Waals surface area (Å²) in [6.07, 6.45) is 1.98. The lowest BCUT2D eigenvalue weighted by molar-refractivity contribution is -0.142. The van der Waals surface area contributed by atoms with Gasteiger partial charge >= 0.3 is 5.97 Å². The highest BCUT2D eigenvalue weighted by Crippen LogP contribution is 2.32. The Kier molecular flexibility index (Phi) is 3.11. The van der Waals surface area contributed by atoms with Gasteiger partial charge in [0, 0.05) is 31.9 Å². The lowest BCUT2D eigenvalue weighted by Gasteiger charge is -2.18. The molecule has 2 aromatic heterocycles. The maximum atomic E-state index is 11.2. The lowest BCUT2D eigenvalue weighted by Crippen LogP contribution is -2.22. The summed E-state index contributed by atoms with van der Waals surface area (Å²) in [5.74, 6) is -0.132. The summed E-state index contributed by atoms with van der Waals surface area (Å²) >= 11 is 0. The van der Waals surface area contributed by atoms with Crippen LogP contribution in [0.3, 0.4) is 0 Å². The van der Waals surface area contributed by atoms with Crippen molar-refractivity contribution in [3.05, 3.63) is 22.8 Å². The number of aromatic nitrogens is 4. The predicted octanol–water partition coefficient (Wildman–Crippen LogP) is 1.63. The first-order chi connectivity index (χ1) is 9.90. The molecule has 0 aliphatic heterocycles. The van der Waals surface area contributed by atoms with E-state index in [-0.39, 0.29) is 5.92 Å². The van der Waals surface area contributed by atoms with Crippen LogP contribution in [0, 0.1) is 19.8 Å². The summed E-state index contributed by atoms with van der Waals surface area (Å²) < 4.78 is 3.96. The smallest absolute Gasteiger partial charge is 0.306 e. The third-order valence-electron chi connectivity index (χ3n) is 4.55. The van der Waals surface area contributed by atoms with Gasteiger partial charge in [-0.25, -0.2) is 4.98 Å². The second-order valence-corrected chi connectivity index (χ2v) is 5.84. The van der Waals surface area contributed by atoms with E-state index in [4.69, 9.17) is 4.98 Å². The third-order valence-corrected chi connectivity index (χ3v) is 4.55. The van der Waals surface area contributed by atoms with Gasteiger partial charge in [0.1, 0.15) is 5.82 Å². The number of aryl methyl sites for hydroxylation is 2. The minimum absolute atomic E-state index is 0.309. The van der Waals surface area contributed by atoms with Gasteiger partial charge in [-0.2, -0.15) is 5.10 Å². The minimum atomic E-state index is -0.721. The summed E-state index contributed by atoms with van der Waals surface area (Å²) in [7, 11) is 3.93. The average Bonchev–Trinajstić information content (AvgIpc) is 2.87. The van der Waals surface area contributed by atoms with Gasteiger partial charge in [-0.05, 0) is 26.7 Å². The van der Waals surface area contributed by atoms with Crippen LogP contribution >= 0.6 is 0 Å². The van der Waals surface area contributed by atoms with Crippen molar-refractivity contribution in [1.82, 2.24) is 19.3 Å². The van der Waals surface area contributed by atoms with Crippen LogP contribution in [0.15, 0.2) is 0 Å². The Bertz CT molecular complexity index is 727. The van der Waals surface area contributed by atoms with E-state index in [2.05, 4.69) is 9.67 Å². The van der Waals surface area contributed by atoms with Crippen LogP contribution in [0.1, 0.15) is 29.2 Å². The number of fused-ring (bicyclic) bond motifs is 1. The van der Waals surface area contributed by atoms with Crippen LogP contribution in [-0.4, -0.2) is 30.4 Å². The largest absolute Gasteiger partial charge is 0.481 e. The fourth-order valence-electron chi connectivity index (χ4n) is 3.24. The molecule has 21 heavy (non-hydrogen) atoms. The summed E-state index contributed by atoms with van der Waals surface area (Å²) in [4.78, 5) is 15.9. The molecule has 1 aliphatic rings. The van der Waals surface area contributed by atoms with Gasteiger partial charge in [0.25, 0.3) is 0 Å². The molecule has 3 rings (SSSR count). The van der Waals surface area contributed by atoms with Gasteiger partial charge in [-0.15, -0.1) is 0 Å². The summed E-state index contributed by atoms with van der Waals surface area (Å²) in [6.45, 7) is 4.01. The fourth-order valence-corrected chi connectivity index (χ4v) is 3.24. The zero-order chi connectivity index (χ0) is 15.3. The molecule has 6 nitrogen and oxygen atoms in total. The zero-order valence-corrected chi connectivity index (χ0v) is 12.8. The summed E-state index contributed by atoms with van der Waals surface area (Å²) in [5, 5.41) is 13.6. The normalized spacial score (nSPS) is 17.8. The van der Waals surface area contributed by atoms with E-state index >= 15 is 0 Å². The first-order valence-electron chi connectivity index (χ1n) is 7.18. The molecule has 0 fully saturated rings. The van der Waals surface area contributed by atoms with Crippen LogP contribution in [0.25, 0.3) is 11.4 Å². The minimum Gasteiger partial charge on any atom is -0.481 e. The number of carboxylic acids is 1. The van der Waals surface area contributed by atoms with Crippen molar-refractivity contribution in [1.29, 1.82) is 0 Å². The maximum absolute atomic E-state index is 11.2. The molecule has 1 atom stereocenters. The molecular formula is C15H20N4O2. The molecule has 0 aromatic carbocycles. The van der Waals surface area contributed by atoms with Crippen LogP contribution in [0.4, 0.5) is 0 Å². The number of carbonyl (C=O) groups is 1. The molecule has 1 unspecified atom stereocenters. The predicted molar refractivity (Wildman–Crippen MR) is 78.0 cm³/mol. The number of aliphatic carboxylic acids is 1. The second-order valence-electron chi connectivity index (χ2n) is 5.84. The maximum Gasteiger partial charge on any atom is 0.306 e. The standard InChI is InChI=1S/C15H20N4O2/c1-8-13(9(2)19(4)17-8)14-16-11-7-10(15(20)21)5-6-12(11)18(14)3/h10H,5-7H2,1-4H3,(H,20,21). The molecule has 0 spiro atoms. The number of hydrogen-bond acceptors (Lipinski definition) is 3. The van der Waals surface area contributed by atoms with E-state index in [0.717, 1.165) is 40.6 Å². The molecule has 112 valence electrons. The van der Waals surface area contributed by atoms with E-state index in [1.54, 1.807) is 0 Å². The van der Waals surface area contributed by atoms with Crippen LogP contribution in [0.5, 0.6) is 0 Å². The molecule has 1 N–H and O–H groups in total. The number of rotatable bonds is 2. The topological polar surface area (TPSA) is 72.9 Å². The lowest BCUT2D eigenvalue weighted by atomic mass is 9.90. The van der Waals surface area contributed by atoms with E-state index in [9.17, 15) is 9.90 Å². The van der Waals surface area contributed by atoms with Crippen molar-refractivity contribution in [3.63, 3.8) is 0 Å². The molecule has 1 aliphatic carbocycles. The zero-order valence-electron chi connectivity index (χ0n) is 12.8. The first kappa shape index (κ1) is 13.9. The molecule has 0 saturated heterocycles. The second kappa shape index (κ2) is 4.72. The Balaban J connectivity index is 2.09. The van der Waals surface area contributed by atoms with Gasteiger partial charge in [0.2, 0.25) is 0 Å². The fraction of sp³-hybridized carbons (Fsp3) is 0.533. The quantitative estimate of drug-likeness (QED) is 0.911. The molecule has 0 bridgehead atoms. The van der Waals surface area contributed by atoms with Crippen molar-refractivity contribution in [3.8, 4) is 11.4 Å². The van der Waals surface area contributed by atoms with Crippen LogP contribution in [-0.2, 0) is 31.7 Å². The molecule has 0 radical (unpaired) electrons. The summed E-state index contributed by atoms with van der Waals surface area (Å²) in [6, 6.07) is 0. The monoisotopic (exact) mass is 288 g/mol. The van der Waals surface area contributed by atoms with Crippen molar-refractivity contribution in [2.24, 2.45) is 20.0 Å². The number of carboxylic acid groups (broad SMARTS) is 1. The van der Waals surface area contributed by atoms with Crippen molar-refractivity contribution in [2.75, 3.05) is 0 Å². The van der Waals surface area contributed by atoms with Crippen molar-refractivity contribution in [2.45, 2.75) is 33.1 Å². The van der Waals surface area contributed by atoms with E-state index < -0.39 is 5.97 Å². The van der Waals surface area contributed by atoms with Gasteiger partial charge in [0.15, 0.2) is 0 Å². The Morgan fingerprint density at radius 2 is 2.05 bits per heavy atom. The highest BCUT2D eigenvalue weighted by atomic mass is 16.4. The molecule has 0 amide bonds. The van der Waals surface area contributed by atoms with E-state index in [1.165, 1.54) is 0 Å². The number of imidazole rings is 1. The molecule has 6 heteroatoms. The van der Waals surface area contributed by atoms with Gasteiger partial charge in [-0.1, -0.05) is 0 Å². The Morgan fingerprint density at radius 1 is 1.33 bits per heavy atom. The third kappa shape index (κ3) is 2.05. The highest BCUT2D eigenvalue weighted by molar-refractivity contribution is 5.71. The SMILES string of the molecule is Cc1nn(C)c(C)c1-c1nc2c(n1C)CCC(C(=O)O)C2. The average molecular weight is 288 g/mol. The molecule has 2 heterocycles. The summed E-state index contributed by atoms with van der Waals surface area (Å²) in [5.41, 5.74) is 5.17. The molecule has 2 aromatic rings. The van der Waals surface area contributed by atoms with Crippen LogP contribution in [0.2, 0.25) is 0 Å². The molecular weight excluding hydrogens is 268 g/mol. The molecule has 0 saturated carbocycles. The van der Waals surface area contributed by atoms with Crippen molar-refractivity contribution >= 4 is 5.97 Å². The van der Waals surface area contributed by atoms with E-state index in [1.807, 2.05) is 32.6 Å². The first-order valence-corrected chi connectivity index (χ1v) is 7.18. The Labute approximate surface area is 123 Å². The number of hydrogen-bond donors (Lipinski definition) is 1. The van der Waals surface area contributed by atoms with Crippen molar-refractivity contribution < 1.29 is 9.90 Å². The Morgan fingerprint density at radius 3 is 2.62 bits per heavy atom. The van der Waals surface area contributed by atoms with Gasteiger partial charge < -0.3 is 9.67 Å². The van der Waals surface area contributed by atoms with Crippen LogP contribution < -0.4 is 0 Å². The Hall–Kier alpha value is -2.11. The highest BCUT2D eigenvalue weighted by Gasteiger charge is 2.29. The van der Waals surface area contributed by atoms with Gasteiger partial charge in [-0.3, -0.25) is 9.48 Å². The van der Waals surface area contributed by atoms with Gasteiger partial charge in [0.05, 0.1) is 22.9 Å². The number of nitrogens with zero attached hydrogens (tertiary/aromatic N) is 4.